The van der Waals surface area contributed by atoms with Crippen LogP contribution in [0.25, 0.3) is 11.3 Å². The summed E-state index contributed by atoms with van der Waals surface area (Å²) in [5, 5.41) is 17.8. The van der Waals surface area contributed by atoms with Gasteiger partial charge in [0.05, 0.1) is 35.9 Å². The Kier molecular flexibility index (Phi) is 8.18. The lowest BCUT2D eigenvalue weighted by atomic mass is 10.0. The van der Waals surface area contributed by atoms with E-state index in [2.05, 4.69) is 62.1 Å². The molecule has 258 valence electrons. The predicted octanol–water partition coefficient (Wildman–Crippen LogP) is 2.22. The molecule has 2 aliphatic rings. The smallest absolute Gasteiger partial charge is 0.282 e. The summed E-state index contributed by atoms with van der Waals surface area (Å²) in [6.07, 6.45) is 6.26. The Balaban J connectivity index is 0.000000154. The summed E-state index contributed by atoms with van der Waals surface area (Å²) in [7, 11) is 3.71. The molecule has 0 saturated carbocycles. The molecule has 49 heavy (non-hydrogen) atoms. The lowest BCUT2D eigenvalue weighted by Gasteiger charge is -2.37. The van der Waals surface area contributed by atoms with E-state index in [1.807, 2.05) is 50.1 Å². The molecule has 0 unspecified atom stereocenters. The highest BCUT2D eigenvalue weighted by atomic mass is 19.3. The van der Waals surface area contributed by atoms with Gasteiger partial charge in [-0.3, -0.25) is 19.3 Å². The fourth-order valence-electron chi connectivity index (χ4n) is 5.96. The molecule has 2 aliphatic heterocycles. The number of anilines is 2. The van der Waals surface area contributed by atoms with Crippen LogP contribution in [0.4, 0.5) is 20.7 Å². The van der Waals surface area contributed by atoms with Crippen LogP contribution in [0.3, 0.4) is 0 Å². The number of alkyl halides is 2. The summed E-state index contributed by atoms with van der Waals surface area (Å²) in [6, 6.07) is 0. The Morgan fingerprint density at radius 3 is 1.51 bits per heavy atom. The Labute approximate surface area is 281 Å². The van der Waals surface area contributed by atoms with Crippen LogP contribution in [-0.2, 0) is 39.8 Å². The Hall–Kier alpha value is -5.16. The first-order chi connectivity index (χ1) is 23.3. The second kappa shape index (κ2) is 12.4. The Bertz CT molecular complexity index is 2050. The number of rotatable bonds is 8. The summed E-state index contributed by atoms with van der Waals surface area (Å²) in [5.41, 5.74) is 5.20. The molecule has 0 N–H and O–H groups in total. The van der Waals surface area contributed by atoms with Crippen molar-refractivity contribution in [3.63, 3.8) is 0 Å². The van der Waals surface area contributed by atoms with Crippen LogP contribution in [0.5, 0.6) is 0 Å². The zero-order valence-corrected chi connectivity index (χ0v) is 28.8. The van der Waals surface area contributed by atoms with E-state index in [1.165, 1.54) is 4.90 Å². The number of hydrogen-bond donors (Lipinski definition) is 0. The van der Waals surface area contributed by atoms with Gasteiger partial charge in [0.25, 0.3) is 5.92 Å². The molecule has 0 atom stereocenters. The minimum absolute atomic E-state index is 0.323. The Morgan fingerprint density at radius 2 is 1.10 bits per heavy atom. The topological polar surface area (TPSA) is 154 Å². The van der Waals surface area contributed by atoms with Crippen molar-refractivity contribution >= 4 is 23.2 Å². The van der Waals surface area contributed by atoms with Crippen molar-refractivity contribution in [3.05, 3.63) is 58.5 Å². The maximum atomic E-state index is 13.0. The minimum atomic E-state index is -2.64. The van der Waals surface area contributed by atoms with Gasteiger partial charge in [-0.15, -0.1) is 10.2 Å². The van der Waals surface area contributed by atoms with E-state index in [0.717, 1.165) is 89.3 Å². The van der Waals surface area contributed by atoms with Gasteiger partial charge in [0.1, 0.15) is 11.6 Å². The highest BCUT2D eigenvalue weighted by Gasteiger charge is 2.45. The van der Waals surface area contributed by atoms with Gasteiger partial charge < -0.3 is 9.80 Å². The van der Waals surface area contributed by atoms with Crippen LogP contribution in [0.1, 0.15) is 53.0 Å². The van der Waals surface area contributed by atoms with Crippen LogP contribution in [-0.4, -0.2) is 101 Å². The highest BCUT2D eigenvalue weighted by molar-refractivity contribution is 5.44. The van der Waals surface area contributed by atoms with Crippen LogP contribution in [0.15, 0.2) is 12.4 Å². The zero-order chi connectivity index (χ0) is 34.6. The second-order valence-corrected chi connectivity index (χ2v) is 13.1. The van der Waals surface area contributed by atoms with Crippen molar-refractivity contribution in [3.8, 4) is 0 Å². The van der Waals surface area contributed by atoms with Crippen LogP contribution >= 0.6 is 0 Å². The molecule has 8 rings (SSSR count). The van der Waals surface area contributed by atoms with Crippen molar-refractivity contribution in [1.29, 1.82) is 0 Å². The van der Waals surface area contributed by atoms with Crippen LogP contribution < -0.4 is 9.80 Å². The summed E-state index contributed by atoms with van der Waals surface area (Å²) >= 11 is 0. The van der Waals surface area contributed by atoms with Gasteiger partial charge in [-0.2, -0.15) is 20.2 Å². The lowest BCUT2D eigenvalue weighted by molar-refractivity contribution is -0.0271. The van der Waals surface area contributed by atoms with Gasteiger partial charge >= 0.3 is 0 Å². The number of fused-ring (bicyclic) bond motifs is 2. The number of nitrogens with zero attached hydrogens (tertiary/aromatic N) is 16. The first-order valence-electron chi connectivity index (χ1n) is 16.4. The molecule has 0 radical (unpaired) electrons. The van der Waals surface area contributed by atoms with E-state index >= 15 is 0 Å². The molecule has 0 aromatic carbocycles. The average Bonchev–Trinajstić information content (AvgIpc) is 3.82. The van der Waals surface area contributed by atoms with E-state index in [9.17, 15) is 8.78 Å². The predicted molar refractivity (Wildman–Crippen MR) is 176 cm³/mol. The Morgan fingerprint density at radius 1 is 0.653 bits per heavy atom. The molecule has 2 fully saturated rings. The second-order valence-electron chi connectivity index (χ2n) is 13.1. The fraction of sp³-hybridized carbons (Fsp3) is 0.548. The molecule has 8 heterocycles. The number of halogens is 2. The molecule has 0 amide bonds. The SMILES string of the molecule is Cc1ncc(C)n2nc(CCc3nc(N4CC(C)C4)nn3C)nc12.Cc1ncc(C)n2nc(CCc3nc(N4CC(F)(F)C4)nn3C)nc12. The van der Waals surface area contributed by atoms with Gasteiger partial charge in [-0.1, -0.05) is 6.92 Å². The molecule has 0 spiro atoms. The minimum Gasteiger partial charge on any atom is -0.339 e. The van der Waals surface area contributed by atoms with Crippen molar-refractivity contribution in [2.24, 2.45) is 20.0 Å². The van der Waals surface area contributed by atoms with Crippen LogP contribution in [0, 0.1) is 33.6 Å². The third kappa shape index (κ3) is 6.50. The molecular formula is C31H40F2N16. The largest absolute Gasteiger partial charge is 0.339 e. The molecule has 0 aliphatic carbocycles. The molecule has 2 saturated heterocycles. The van der Waals surface area contributed by atoms with E-state index in [-0.39, 0.29) is 13.1 Å². The summed E-state index contributed by atoms with van der Waals surface area (Å²) < 4.78 is 33.1. The molecule has 16 nitrogen and oxygen atoms in total. The highest BCUT2D eigenvalue weighted by Crippen LogP contribution is 2.30. The van der Waals surface area contributed by atoms with E-state index < -0.39 is 5.92 Å². The van der Waals surface area contributed by atoms with Crippen molar-refractivity contribution in [2.75, 3.05) is 36.0 Å². The van der Waals surface area contributed by atoms with E-state index in [1.54, 1.807) is 22.4 Å². The number of hydrogen-bond acceptors (Lipinski definition) is 12. The number of aromatic nitrogens is 14. The standard InChI is InChI=1S/C16H22N8.C15H18F2N8/c1-10-8-23(9-10)16-19-14(22(4)21-16)6-5-13-18-15-12(3)17-7-11(2)24(15)20-13;1-9-6-18-10(2)13-19-11(21-25(9)13)4-5-12-20-14(22-23(12)3)24-7-15(16,17)8-24/h7,10H,5-6,8-9H2,1-4H3;6H,4-5,7-8H2,1-3H3. The van der Waals surface area contributed by atoms with Gasteiger partial charge in [0.15, 0.2) is 22.9 Å². The maximum Gasteiger partial charge on any atom is 0.282 e. The lowest BCUT2D eigenvalue weighted by Crippen LogP contribution is -2.56. The normalized spacial score (nSPS) is 15.9. The summed E-state index contributed by atoms with van der Waals surface area (Å²) in [6.45, 7) is 11.4. The van der Waals surface area contributed by atoms with E-state index in [4.69, 9.17) is 0 Å². The molecule has 0 bridgehead atoms. The zero-order valence-electron chi connectivity index (χ0n) is 28.8. The van der Waals surface area contributed by atoms with Gasteiger partial charge in [-0.25, -0.2) is 27.8 Å². The van der Waals surface area contributed by atoms with E-state index in [0.29, 0.717) is 24.6 Å². The molecule has 6 aromatic rings. The summed E-state index contributed by atoms with van der Waals surface area (Å²) in [5.74, 6) is 2.48. The summed E-state index contributed by atoms with van der Waals surface area (Å²) in [4.78, 5) is 30.5. The van der Waals surface area contributed by atoms with Gasteiger partial charge in [0, 0.05) is 65.3 Å². The van der Waals surface area contributed by atoms with Crippen LogP contribution in [0.2, 0.25) is 0 Å². The first kappa shape index (κ1) is 32.4. The van der Waals surface area contributed by atoms with Crippen molar-refractivity contribution in [2.45, 2.75) is 66.2 Å². The monoisotopic (exact) mass is 674 g/mol. The average molecular weight is 675 g/mol. The molecule has 18 heteroatoms. The maximum absolute atomic E-state index is 13.0. The van der Waals surface area contributed by atoms with Crippen molar-refractivity contribution < 1.29 is 8.78 Å². The third-order valence-corrected chi connectivity index (χ3v) is 8.81. The quantitative estimate of drug-likeness (QED) is 0.233. The van der Waals surface area contributed by atoms with Gasteiger partial charge in [0.2, 0.25) is 11.9 Å². The molecular weight excluding hydrogens is 634 g/mol. The number of aryl methyl sites for hydroxylation is 10. The first-order valence-corrected chi connectivity index (χ1v) is 16.4. The van der Waals surface area contributed by atoms with Gasteiger partial charge in [-0.05, 0) is 33.6 Å². The molecule has 6 aromatic heterocycles. The van der Waals surface area contributed by atoms with Crippen molar-refractivity contribution in [1.82, 2.24) is 68.7 Å². The third-order valence-electron chi connectivity index (χ3n) is 8.81. The fourth-order valence-corrected chi connectivity index (χ4v) is 5.96.